The number of hydrogen-bond donors (Lipinski definition) is 7. The average molecular weight is 478 g/mol. The largest absolute Gasteiger partial charge is 0.504 e. The molecule has 7 atom stereocenters. The van der Waals surface area contributed by atoms with E-state index in [1.165, 1.54) is 30.3 Å². The molecular formula is C23H26O11. The molecule has 11 heteroatoms. The van der Waals surface area contributed by atoms with Crippen LogP contribution in [-0.4, -0.2) is 84.9 Å². The van der Waals surface area contributed by atoms with E-state index in [0.29, 0.717) is 5.56 Å². The van der Waals surface area contributed by atoms with Gasteiger partial charge in [0.15, 0.2) is 35.1 Å². The fourth-order valence-corrected chi connectivity index (χ4v) is 4.16. The molecule has 2 saturated heterocycles. The summed E-state index contributed by atoms with van der Waals surface area (Å²) in [6, 6.07) is 7.74. The third-order valence-corrected chi connectivity index (χ3v) is 6.06. The topological polar surface area (TPSA) is 186 Å². The Morgan fingerprint density at radius 3 is 2.12 bits per heavy atom. The third kappa shape index (κ3) is 4.67. The summed E-state index contributed by atoms with van der Waals surface area (Å²) in [7, 11) is 0. The molecule has 4 rings (SSSR count). The molecular weight excluding hydrogens is 452 g/mol. The first-order valence-corrected chi connectivity index (χ1v) is 10.7. The van der Waals surface area contributed by atoms with Gasteiger partial charge in [0.05, 0.1) is 12.7 Å². The Balaban J connectivity index is 1.57. The minimum atomic E-state index is -1.43. The van der Waals surface area contributed by atoms with Crippen LogP contribution in [0.4, 0.5) is 0 Å². The average Bonchev–Trinajstić information content (AvgIpc) is 2.83. The van der Waals surface area contributed by atoms with E-state index in [1.807, 2.05) is 0 Å². The van der Waals surface area contributed by atoms with E-state index < -0.39 is 61.0 Å². The van der Waals surface area contributed by atoms with Crippen molar-refractivity contribution in [1.29, 1.82) is 0 Å². The Labute approximate surface area is 194 Å². The van der Waals surface area contributed by atoms with Crippen molar-refractivity contribution < 1.29 is 54.8 Å². The summed E-state index contributed by atoms with van der Waals surface area (Å²) in [5.74, 6) is -1.88. The Hall–Kier alpha value is -2.93. The van der Waals surface area contributed by atoms with E-state index >= 15 is 0 Å². The fourth-order valence-electron chi connectivity index (χ4n) is 4.16. The summed E-state index contributed by atoms with van der Waals surface area (Å²) in [6.45, 7) is -0.563. The van der Waals surface area contributed by atoms with Crippen molar-refractivity contribution >= 4 is 5.78 Å². The summed E-state index contributed by atoms with van der Waals surface area (Å²) in [5.41, 5.74) is 0.573. The van der Waals surface area contributed by atoms with Crippen LogP contribution in [0.25, 0.3) is 0 Å². The Morgan fingerprint density at radius 1 is 0.794 bits per heavy atom. The van der Waals surface area contributed by atoms with Crippen LogP contribution in [0.5, 0.6) is 23.0 Å². The van der Waals surface area contributed by atoms with Crippen molar-refractivity contribution in [2.45, 2.75) is 55.8 Å². The molecule has 0 spiro atoms. The normalized spacial score (nSPS) is 31.1. The summed E-state index contributed by atoms with van der Waals surface area (Å²) >= 11 is 0. The van der Waals surface area contributed by atoms with E-state index in [-0.39, 0.29) is 35.7 Å². The number of phenolic OH excluding ortho intramolecular Hbond substituents is 4. The van der Waals surface area contributed by atoms with Gasteiger partial charge >= 0.3 is 0 Å². The van der Waals surface area contributed by atoms with Crippen molar-refractivity contribution in [3.63, 3.8) is 0 Å². The molecule has 2 aromatic carbocycles. The van der Waals surface area contributed by atoms with Gasteiger partial charge in [-0.2, -0.15) is 0 Å². The van der Waals surface area contributed by atoms with E-state index in [4.69, 9.17) is 14.2 Å². The number of aliphatic hydroxyl groups excluding tert-OH is 3. The molecule has 2 aromatic rings. The second-order valence-electron chi connectivity index (χ2n) is 8.32. The molecule has 0 bridgehead atoms. The van der Waals surface area contributed by atoms with Crippen LogP contribution >= 0.6 is 0 Å². The highest BCUT2D eigenvalue weighted by atomic mass is 16.7. The maximum absolute atomic E-state index is 12.7. The molecule has 34 heavy (non-hydrogen) atoms. The van der Waals surface area contributed by atoms with E-state index in [2.05, 4.69) is 0 Å². The van der Waals surface area contributed by atoms with Crippen LogP contribution in [0.15, 0.2) is 36.4 Å². The Morgan fingerprint density at radius 2 is 1.47 bits per heavy atom. The second kappa shape index (κ2) is 9.74. The van der Waals surface area contributed by atoms with Gasteiger partial charge < -0.3 is 50.0 Å². The monoisotopic (exact) mass is 478 g/mol. The molecule has 184 valence electrons. The summed E-state index contributed by atoms with van der Waals surface area (Å²) in [5, 5.41) is 68.8. The van der Waals surface area contributed by atoms with Crippen LogP contribution in [-0.2, 0) is 14.2 Å². The quantitative estimate of drug-likeness (QED) is 0.225. The minimum absolute atomic E-state index is 0.0606. The van der Waals surface area contributed by atoms with Gasteiger partial charge in [0.2, 0.25) is 0 Å². The number of rotatable bonds is 6. The minimum Gasteiger partial charge on any atom is -0.504 e. The number of aliphatic hydroxyl groups is 3. The lowest BCUT2D eigenvalue weighted by Gasteiger charge is -2.48. The van der Waals surface area contributed by atoms with Crippen molar-refractivity contribution in [3.8, 4) is 23.0 Å². The van der Waals surface area contributed by atoms with Crippen LogP contribution in [0.1, 0.15) is 34.9 Å². The number of ketones is 1. The molecule has 2 fully saturated rings. The lowest BCUT2D eigenvalue weighted by Crippen LogP contribution is -2.63. The molecule has 0 aromatic heterocycles. The zero-order chi connectivity index (χ0) is 24.6. The molecule has 7 N–H and O–H groups in total. The van der Waals surface area contributed by atoms with Gasteiger partial charge in [-0.05, 0) is 42.3 Å². The SMILES string of the molecule is O=C(CC[C@H]1O[C@H]2[C@H](O[C@@H]1c1ccc(O)c(O)c1)O[C@H](CO)[C@@H](O)[C@@H]2O)c1ccc(O)c(O)c1. The first-order chi connectivity index (χ1) is 16.2. The zero-order valence-electron chi connectivity index (χ0n) is 17.9. The van der Waals surface area contributed by atoms with Crippen LogP contribution in [0.2, 0.25) is 0 Å². The molecule has 0 radical (unpaired) electrons. The summed E-state index contributed by atoms with van der Waals surface area (Å²) in [4.78, 5) is 12.7. The predicted molar refractivity (Wildman–Crippen MR) is 113 cm³/mol. The molecule has 2 aliphatic heterocycles. The van der Waals surface area contributed by atoms with Gasteiger partial charge in [-0.1, -0.05) is 6.07 Å². The molecule has 2 heterocycles. The Kier molecular flexibility index (Phi) is 6.94. The van der Waals surface area contributed by atoms with Gasteiger partial charge in [-0.25, -0.2) is 0 Å². The molecule has 0 unspecified atom stereocenters. The summed E-state index contributed by atoms with van der Waals surface area (Å²) < 4.78 is 17.6. The van der Waals surface area contributed by atoms with Gasteiger partial charge in [-0.3, -0.25) is 4.79 Å². The van der Waals surface area contributed by atoms with Gasteiger partial charge in [-0.15, -0.1) is 0 Å². The molecule has 11 nitrogen and oxygen atoms in total. The van der Waals surface area contributed by atoms with E-state index in [9.17, 15) is 40.5 Å². The Bertz CT molecular complexity index is 1040. The number of carbonyl (C=O) groups excluding carboxylic acids is 1. The lowest BCUT2D eigenvalue weighted by molar-refractivity contribution is -0.369. The molecule has 2 aliphatic rings. The molecule has 0 saturated carbocycles. The number of ether oxygens (including phenoxy) is 3. The number of carbonyl (C=O) groups is 1. The number of phenols is 4. The molecule has 0 aliphatic carbocycles. The van der Waals surface area contributed by atoms with Crippen molar-refractivity contribution in [2.24, 2.45) is 0 Å². The van der Waals surface area contributed by atoms with Crippen LogP contribution in [0, 0.1) is 0 Å². The zero-order valence-corrected chi connectivity index (χ0v) is 17.9. The first-order valence-electron chi connectivity index (χ1n) is 10.7. The highest BCUT2D eigenvalue weighted by molar-refractivity contribution is 5.96. The molecule has 0 amide bonds. The van der Waals surface area contributed by atoms with Crippen molar-refractivity contribution in [3.05, 3.63) is 47.5 Å². The van der Waals surface area contributed by atoms with Crippen molar-refractivity contribution in [2.75, 3.05) is 6.61 Å². The fraction of sp³-hybridized carbons (Fsp3) is 0.435. The van der Waals surface area contributed by atoms with E-state index in [1.54, 1.807) is 0 Å². The maximum Gasteiger partial charge on any atom is 0.187 e. The number of aromatic hydroxyl groups is 4. The number of benzene rings is 2. The van der Waals surface area contributed by atoms with Gasteiger partial charge in [0.1, 0.15) is 30.5 Å². The highest BCUT2D eigenvalue weighted by Gasteiger charge is 2.51. The standard InChI is InChI=1S/C23H26O11/c24-9-18-19(30)20(31)22-23(33-18)34-21(11-2-4-14(27)16(29)8-11)17(32-22)6-5-12(25)10-1-3-13(26)15(28)7-10/h1-4,7-8,17-24,26-31H,5-6,9H2/t17-,18-,19-,20+,21-,22-,23+/m1/s1. The summed E-state index contributed by atoms with van der Waals surface area (Å²) in [6.07, 6.45) is -7.93. The number of hydrogen-bond acceptors (Lipinski definition) is 11. The number of Topliss-reactive ketones (excluding diaryl/α,β-unsaturated/α-hetero) is 1. The third-order valence-electron chi connectivity index (χ3n) is 6.06. The van der Waals surface area contributed by atoms with E-state index in [0.717, 1.165) is 6.07 Å². The van der Waals surface area contributed by atoms with Gasteiger partial charge in [0, 0.05) is 12.0 Å². The van der Waals surface area contributed by atoms with Crippen molar-refractivity contribution in [1.82, 2.24) is 0 Å². The lowest BCUT2D eigenvalue weighted by atomic mass is 9.93. The number of fused-ring (bicyclic) bond motifs is 1. The van der Waals surface area contributed by atoms with Crippen LogP contribution < -0.4 is 0 Å². The van der Waals surface area contributed by atoms with Gasteiger partial charge in [0.25, 0.3) is 0 Å². The van der Waals surface area contributed by atoms with Crippen LogP contribution in [0.3, 0.4) is 0 Å². The first kappa shape index (κ1) is 24.2. The smallest absolute Gasteiger partial charge is 0.187 e. The highest BCUT2D eigenvalue weighted by Crippen LogP contribution is 2.41. The predicted octanol–water partition coefficient (Wildman–Crippen LogP) is 0.436. The second-order valence-corrected chi connectivity index (χ2v) is 8.32. The maximum atomic E-state index is 12.7.